The third-order valence-electron chi connectivity index (χ3n) is 4.38. The van der Waals surface area contributed by atoms with Gasteiger partial charge in [-0.25, -0.2) is 12.7 Å². The Morgan fingerprint density at radius 1 is 1.05 bits per heavy atom. The molecule has 5 nitrogen and oxygen atoms in total. The minimum Gasteiger partial charge on any atom is -0.393 e. The molecular weight excluding hydrogens is 264 g/mol. The van der Waals surface area contributed by atoms with Crippen molar-refractivity contribution < 1.29 is 13.5 Å². The van der Waals surface area contributed by atoms with E-state index in [1.54, 1.807) is 11.2 Å². The molecule has 2 aliphatic rings. The summed E-state index contributed by atoms with van der Waals surface area (Å²) in [5.74, 6) is 0.200. The Bertz CT molecular complexity index is 369. The van der Waals surface area contributed by atoms with Crippen molar-refractivity contribution in [1.82, 2.24) is 9.62 Å². The molecule has 1 saturated heterocycles. The zero-order chi connectivity index (χ0) is 13.9. The molecule has 6 heteroatoms. The van der Waals surface area contributed by atoms with Crippen LogP contribution in [0.1, 0.15) is 45.4 Å². The van der Waals surface area contributed by atoms with Crippen molar-refractivity contribution in [3.63, 3.8) is 0 Å². The zero-order valence-corrected chi connectivity index (χ0v) is 12.5. The number of nitrogens with zero attached hydrogens (tertiary/aromatic N) is 1. The van der Waals surface area contributed by atoms with E-state index >= 15 is 0 Å². The van der Waals surface area contributed by atoms with Gasteiger partial charge in [0.2, 0.25) is 10.0 Å². The van der Waals surface area contributed by atoms with Gasteiger partial charge in [0, 0.05) is 25.2 Å². The van der Waals surface area contributed by atoms with Crippen molar-refractivity contribution >= 4 is 10.0 Å². The zero-order valence-electron chi connectivity index (χ0n) is 11.7. The average Bonchev–Trinajstić information content (AvgIpc) is 2.42. The summed E-state index contributed by atoms with van der Waals surface area (Å²) in [7, 11) is -3.01. The quantitative estimate of drug-likeness (QED) is 0.799. The lowest BCUT2D eigenvalue weighted by molar-refractivity contribution is 0.111. The maximum absolute atomic E-state index is 11.8. The molecule has 2 rings (SSSR count). The van der Waals surface area contributed by atoms with Crippen LogP contribution in [0.2, 0.25) is 0 Å². The summed E-state index contributed by atoms with van der Waals surface area (Å²) >= 11 is 0. The molecule has 19 heavy (non-hydrogen) atoms. The first-order valence-corrected chi connectivity index (χ1v) is 9.04. The highest BCUT2D eigenvalue weighted by Crippen LogP contribution is 2.21. The summed E-state index contributed by atoms with van der Waals surface area (Å²) in [4.78, 5) is 0. The molecule has 1 heterocycles. The van der Waals surface area contributed by atoms with Crippen LogP contribution in [-0.2, 0) is 10.0 Å². The first kappa shape index (κ1) is 15.2. The summed E-state index contributed by atoms with van der Waals surface area (Å²) in [5.41, 5.74) is 0. The van der Waals surface area contributed by atoms with E-state index < -0.39 is 10.0 Å². The molecule has 112 valence electrons. The molecule has 0 aromatic rings. The van der Waals surface area contributed by atoms with Gasteiger partial charge in [0.05, 0.1) is 11.9 Å². The summed E-state index contributed by atoms with van der Waals surface area (Å²) < 4.78 is 25.2. The predicted octanol–water partition coefficient (Wildman–Crippen LogP) is 0.694. The third-order valence-corrected chi connectivity index (χ3v) is 6.26. The van der Waals surface area contributed by atoms with Gasteiger partial charge in [-0.15, -0.1) is 0 Å². The molecule has 1 aliphatic carbocycles. The summed E-state index contributed by atoms with van der Waals surface area (Å²) in [5, 5.41) is 13.1. The molecule has 0 atom stereocenters. The molecule has 0 unspecified atom stereocenters. The Labute approximate surface area is 116 Å². The van der Waals surface area contributed by atoms with Gasteiger partial charge in [-0.1, -0.05) is 0 Å². The van der Waals surface area contributed by atoms with Crippen LogP contribution in [-0.4, -0.2) is 54.9 Å². The Hall–Kier alpha value is -0.170. The summed E-state index contributed by atoms with van der Waals surface area (Å²) in [6.45, 7) is 2.99. The van der Waals surface area contributed by atoms with Crippen LogP contribution in [0, 0.1) is 0 Å². The molecule has 0 aromatic carbocycles. The smallest absolute Gasteiger partial charge is 0.213 e. The van der Waals surface area contributed by atoms with E-state index in [9.17, 15) is 13.5 Å². The molecule has 0 radical (unpaired) electrons. The average molecular weight is 290 g/mol. The molecule has 0 aromatic heterocycles. The van der Waals surface area contributed by atoms with E-state index in [4.69, 9.17) is 0 Å². The van der Waals surface area contributed by atoms with Crippen molar-refractivity contribution in [2.24, 2.45) is 0 Å². The Kier molecular flexibility index (Phi) is 5.22. The normalized spacial score (nSPS) is 31.5. The second-order valence-corrected chi connectivity index (χ2v) is 8.00. The van der Waals surface area contributed by atoms with Crippen molar-refractivity contribution in [3.8, 4) is 0 Å². The molecule has 0 spiro atoms. The summed E-state index contributed by atoms with van der Waals surface area (Å²) in [6, 6.07) is 0.936. The van der Waals surface area contributed by atoms with Gasteiger partial charge in [0.15, 0.2) is 0 Å². The van der Waals surface area contributed by atoms with Crippen LogP contribution < -0.4 is 5.32 Å². The number of nitrogens with one attached hydrogen (secondary N) is 1. The molecule has 1 aliphatic heterocycles. The topological polar surface area (TPSA) is 69.6 Å². The lowest BCUT2D eigenvalue weighted by Gasteiger charge is -2.35. The van der Waals surface area contributed by atoms with Crippen molar-refractivity contribution in [3.05, 3.63) is 0 Å². The molecule has 1 saturated carbocycles. The van der Waals surface area contributed by atoms with Gasteiger partial charge < -0.3 is 10.4 Å². The SMILES string of the molecule is CCS(=O)(=O)N1CCC(NC2CCC(O)CC2)CC1. The van der Waals surface area contributed by atoms with E-state index in [1.807, 2.05) is 0 Å². The monoisotopic (exact) mass is 290 g/mol. The fraction of sp³-hybridized carbons (Fsp3) is 1.00. The lowest BCUT2D eigenvalue weighted by atomic mass is 9.92. The largest absolute Gasteiger partial charge is 0.393 e. The van der Waals surface area contributed by atoms with E-state index in [0.29, 0.717) is 25.2 Å². The first-order valence-electron chi connectivity index (χ1n) is 7.43. The Morgan fingerprint density at radius 3 is 2.11 bits per heavy atom. The van der Waals surface area contributed by atoms with Crippen molar-refractivity contribution in [2.45, 2.75) is 63.6 Å². The molecule has 0 amide bonds. The minimum absolute atomic E-state index is 0.116. The summed E-state index contributed by atoms with van der Waals surface area (Å²) in [6.07, 6.45) is 5.54. The van der Waals surface area contributed by atoms with Gasteiger partial charge in [0.1, 0.15) is 0 Å². The maximum Gasteiger partial charge on any atom is 0.213 e. The van der Waals surface area contributed by atoms with Crippen LogP contribution in [0.25, 0.3) is 0 Å². The highest BCUT2D eigenvalue weighted by molar-refractivity contribution is 7.89. The number of piperidine rings is 1. The van der Waals surface area contributed by atoms with Gasteiger partial charge in [0.25, 0.3) is 0 Å². The van der Waals surface area contributed by atoms with Gasteiger partial charge >= 0.3 is 0 Å². The van der Waals surface area contributed by atoms with E-state index in [-0.39, 0.29) is 11.9 Å². The second kappa shape index (κ2) is 6.52. The van der Waals surface area contributed by atoms with Crippen LogP contribution in [0.4, 0.5) is 0 Å². The van der Waals surface area contributed by atoms with E-state index in [2.05, 4.69) is 5.32 Å². The number of hydrogen-bond donors (Lipinski definition) is 2. The number of rotatable bonds is 4. The van der Waals surface area contributed by atoms with Crippen molar-refractivity contribution in [2.75, 3.05) is 18.8 Å². The van der Waals surface area contributed by atoms with Crippen LogP contribution >= 0.6 is 0 Å². The fourth-order valence-electron chi connectivity index (χ4n) is 3.06. The number of hydrogen-bond acceptors (Lipinski definition) is 4. The Balaban J connectivity index is 1.75. The molecule has 2 N–H and O–H groups in total. The minimum atomic E-state index is -3.01. The van der Waals surface area contributed by atoms with E-state index in [1.165, 1.54) is 0 Å². The second-order valence-electron chi connectivity index (χ2n) is 5.75. The first-order chi connectivity index (χ1) is 9.01. The third kappa shape index (κ3) is 4.15. The van der Waals surface area contributed by atoms with Gasteiger partial charge in [-0.05, 0) is 45.4 Å². The highest BCUT2D eigenvalue weighted by Gasteiger charge is 2.28. The van der Waals surface area contributed by atoms with Crippen LogP contribution in [0.5, 0.6) is 0 Å². The fourth-order valence-corrected chi connectivity index (χ4v) is 4.19. The highest BCUT2D eigenvalue weighted by atomic mass is 32.2. The van der Waals surface area contributed by atoms with E-state index in [0.717, 1.165) is 38.5 Å². The number of sulfonamides is 1. The van der Waals surface area contributed by atoms with Gasteiger partial charge in [-0.3, -0.25) is 0 Å². The number of aliphatic hydroxyl groups excluding tert-OH is 1. The van der Waals surface area contributed by atoms with Crippen molar-refractivity contribution in [1.29, 1.82) is 0 Å². The lowest BCUT2D eigenvalue weighted by Crippen LogP contribution is -2.48. The van der Waals surface area contributed by atoms with Crippen LogP contribution in [0.15, 0.2) is 0 Å². The van der Waals surface area contributed by atoms with Crippen LogP contribution in [0.3, 0.4) is 0 Å². The Morgan fingerprint density at radius 2 is 1.58 bits per heavy atom. The van der Waals surface area contributed by atoms with Gasteiger partial charge in [-0.2, -0.15) is 0 Å². The molecule has 0 bridgehead atoms. The maximum atomic E-state index is 11.8. The predicted molar refractivity (Wildman–Crippen MR) is 75.5 cm³/mol. The molecule has 2 fully saturated rings. The number of aliphatic hydroxyl groups is 1. The standard InChI is InChI=1S/C13H26N2O3S/c1-2-19(17,18)15-9-7-12(8-10-15)14-11-3-5-13(16)6-4-11/h11-14,16H,2-10H2,1H3. The molecular formula is C13H26N2O3S.